The predicted octanol–water partition coefficient (Wildman–Crippen LogP) is 4.19. The summed E-state index contributed by atoms with van der Waals surface area (Å²) in [6.45, 7) is 0. The van der Waals surface area contributed by atoms with Crippen molar-refractivity contribution in [3.63, 3.8) is 0 Å². The van der Waals surface area contributed by atoms with Gasteiger partial charge in [0.25, 0.3) is 0 Å². The quantitative estimate of drug-likeness (QED) is 0.793. The van der Waals surface area contributed by atoms with Gasteiger partial charge in [0, 0.05) is 5.56 Å². The molecule has 0 radical (unpaired) electrons. The molecule has 86 valence electrons. The maximum Gasteiger partial charge on any atom is 0.150 e. The molecule has 2 aromatic rings. The van der Waals surface area contributed by atoms with E-state index in [-0.39, 0.29) is 5.82 Å². The van der Waals surface area contributed by atoms with E-state index in [1.165, 1.54) is 18.2 Å². The Morgan fingerprint density at radius 2 is 2.00 bits per heavy atom. The van der Waals surface area contributed by atoms with E-state index in [1.807, 2.05) is 0 Å². The van der Waals surface area contributed by atoms with E-state index in [9.17, 15) is 9.18 Å². The molecule has 0 unspecified atom stereocenters. The molecule has 0 atom stereocenters. The number of benzene rings is 2. The van der Waals surface area contributed by atoms with Crippen molar-refractivity contribution in [2.24, 2.45) is 0 Å². The average Bonchev–Trinajstić information content (AvgIpc) is 2.33. The maximum absolute atomic E-state index is 12.9. The van der Waals surface area contributed by atoms with Gasteiger partial charge in [-0.05, 0) is 46.3 Å². The maximum atomic E-state index is 12.9. The lowest BCUT2D eigenvalue weighted by atomic mass is 10.2. The highest BCUT2D eigenvalue weighted by atomic mass is 79.9. The SMILES string of the molecule is O=Cc1cccc(Oc2ccc(F)cc2Br)c1. The number of hydrogen-bond acceptors (Lipinski definition) is 2. The molecule has 0 aliphatic heterocycles. The minimum Gasteiger partial charge on any atom is -0.456 e. The fourth-order valence-corrected chi connectivity index (χ4v) is 1.77. The van der Waals surface area contributed by atoms with Crippen LogP contribution in [0.4, 0.5) is 4.39 Å². The molecule has 0 spiro atoms. The molecule has 4 heteroatoms. The molecule has 2 rings (SSSR count). The van der Waals surface area contributed by atoms with E-state index >= 15 is 0 Å². The summed E-state index contributed by atoms with van der Waals surface area (Å²) in [4.78, 5) is 10.6. The van der Waals surface area contributed by atoms with Crippen LogP contribution in [0.15, 0.2) is 46.9 Å². The van der Waals surface area contributed by atoms with Gasteiger partial charge in [0.2, 0.25) is 0 Å². The van der Waals surface area contributed by atoms with Crippen LogP contribution in [-0.4, -0.2) is 6.29 Å². The van der Waals surface area contributed by atoms with Crippen molar-refractivity contribution in [2.75, 3.05) is 0 Å². The van der Waals surface area contributed by atoms with Gasteiger partial charge in [0.15, 0.2) is 0 Å². The Morgan fingerprint density at radius 1 is 1.18 bits per heavy atom. The zero-order valence-corrected chi connectivity index (χ0v) is 10.3. The van der Waals surface area contributed by atoms with Crippen molar-refractivity contribution in [3.05, 3.63) is 58.3 Å². The van der Waals surface area contributed by atoms with Crippen LogP contribution in [0.3, 0.4) is 0 Å². The van der Waals surface area contributed by atoms with Crippen molar-refractivity contribution in [1.82, 2.24) is 0 Å². The highest BCUT2D eigenvalue weighted by Gasteiger charge is 2.04. The van der Waals surface area contributed by atoms with Crippen molar-refractivity contribution < 1.29 is 13.9 Å². The Kier molecular flexibility index (Phi) is 3.54. The van der Waals surface area contributed by atoms with Crippen molar-refractivity contribution >= 4 is 22.2 Å². The second-order valence-electron chi connectivity index (χ2n) is 3.37. The van der Waals surface area contributed by atoms with Gasteiger partial charge in [-0.25, -0.2) is 4.39 Å². The second kappa shape index (κ2) is 5.10. The van der Waals surface area contributed by atoms with Crippen molar-refractivity contribution in [1.29, 1.82) is 0 Å². The summed E-state index contributed by atoms with van der Waals surface area (Å²) in [5.74, 6) is 0.683. The number of aldehydes is 1. The monoisotopic (exact) mass is 294 g/mol. The minimum absolute atomic E-state index is 0.342. The summed E-state index contributed by atoms with van der Waals surface area (Å²) in [7, 11) is 0. The molecule has 2 aromatic carbocycles. The molecule has 0 aromatic heterocycles. The molecule has 0 N–H and O–H groups in total. The van der Waals surface area contributed by atoms with Gasteiger partial charge in [-0.15, -0.1) is 0 Å². The summed E-state index contributed by atoms with van der Waals surface area (Å²) >= 11 is 3.21. The number of rotatable bonds is 3. The number of carbonyl (C=O) groups is 1. The van der Waals surface area contributed by atoms with Crippen LogP contribution >= 0.6 is 15.9 Å². The Bertz CT molecular complexity index is 555. The zero-order valence-electron chi connectivity index (χ0n) is 8.69. The van der Waals surface area contributed by atoms with E-state index in [0.29, 0.717) is 21.5 Å². The molecule has 0 amide bonds. The summed E-state index contributed by atoms with van der Waals surface area (Å²) in [6, 6.07) is 10.9. The van der Waals surface area contributed by atoms with Gasteiger partial charge in [-0.3, -0.25) is 4.79 Å². The first kappa shape index (κ1) is 11.8. The van der Waals surface area contributed by atoms with Crippen LogP contribution < -0.4 is 4.74 Å². The molecule has 2 nitrogen and oxygen atoms in total. The third-order valence-electron chi connectivity index (χ3n) is 2.12. The van der Waals surface area contributed by atoms with E-state index in [2.05, 4.69) is 15.9 Å². The number of carbonyl (C=O) groups excluding carboxylic acids is 1. The Hall–Kier alpha value is -1.68. The lowest BCUT2D eigenvalue weighted by molar-refractivity contribution is 0.112. The fraction of sp³-hybridized carbons (Fsp3) is 0. The van der Waals surface area contributed by atoms with Crippen LogP contribution in [0.2, 0.25) is 0 Å². The summed E-state index contributed by atoms with van der Waals surface area (Å²) in [5.41, 5.74) is 0.528. The minimum atomic E-state index is -0.342. The molecule has 0 fully saturated rings. The first-order chi connectivity index (χ1) is 8.19. The Morgan fingerprint density at radius 3 is 2.71 bits per heavy atom. The summed E-state index contributed by atoms with van der Waals surface area (Å²) in [6.07, 6.45) is 0.743. The smallest absolute Gasteiger partial charge is 0.150 e. The van der Waals surface area contributed by atoms with Crippen LogP contribution in [0.25, 0.3) is 0 Å². The lowest BCUT2D eigenvalue weighted by Gasteiger charge is -2.07. The van der Waals surface area contributed by atoms with Gasteiger partial charge >= 0.3 is 0 Å². The average molecular weight is 295 g/mol. The van der Waals surface area contributed by atoms with Crippen molar-refractivity contribution in [2.45, 2.75) is 0 Å². The lowest BCUT2D eigenvalue weighted by Crippen LogP contribution is -1.88. The van der Waals surface area contributed by atoms with Gasteiger partial charge in [0.1, 0.15) is 23.6 Å². The highest BCUT2D eigenvalue weighted by Crippen LogP contribution is 2.30. The van der Waals surface area contributed by atoms with Gasteiger partial charge in [0.05, 0.1) is 4.47 Å². The van der Waals surface area contributed by atoms with Crippen LogP contribution in [0.1, 0.15) is 10.4 Å². The third kappa shape index (κ3) is 2.91. The van der Waals surface area contributed by atoms with Crippen molar-refractivity contribution in [3.8, 4) is 11.5 Å². The van der Waals surface area contributed by atoms with Gasteiger partial charge < -0.3 is 4.74 Å². The van der Waals surface area contributed by atoms with E-state index in [0.717, 1.165) is 6.29 Å². The second-order valence-corrected chi connectivity index (χ2v) is 4.22. The first-order valence-electron chi connectivity index (χ1n) is 4.87. The molecular formula is C13H8BrFO2. The van der Waals surface area contributed by atoms with Gasteiger partial charge in [-0.2, -0.15) is 0 Å². The Balaban J connectivity index is 2.27. The van der Waals surface area contributed by atoms with E-state index < -0.39 is 0 Å². The number of halogens is 2. The molecular weight excluding hydrogens is 287 g/mol. The molecule has 0 aliphatic carbocycles. The van der Waals surface area contributed by atoms with Crippen LogP contribution in [0, 0.1) is 5.82 Å². The molecule has 0 saturated heterocycles. The fourth-order valence-electron chi connectivity index (χ4n) is 1.34. The predicted molar refractivity (Wildman–Crippen MR) is 66.0 cm³/mol. The summed E-state index contributed by atoms with van der Waals surface area (Å²) in [5, 5.41) is 0. The highest BCUT2D eigenvalue weighted by molar-refractivity contribution is 9.10. The standard InChI is InChI=1S/C13H8BrFO2/c14-12-7-10(15)4-5-13(12)17-11-3-1-2-9(6-11)8-16/h1-8H. The van der Waals surface area contributed by atoms with E-state index in [4.69, 9.17) is 4.74 Å². The molecule has 17 heavy (non-hydrogen) atoms. The summed E-state index contributed by atoms with van der Waals surface area (Å²) < 4.78 is 18.9. The largest absolute Gasteiger partial charge is 0.456 e. The van der Waals surface area contributed by atoms with E-state index in [1.54, 1.807) is 24.3 Å². The topological polar surface area (TPSA) is 26.3 Å². The molecule has 0 aliphatic rings. The number of ether oxygens (including phenoxy) is 1. The normalized spacial score (nSPS) is 10.0. The van der Waals surface area contributed by atoms with Gasteiger partial charge in [-0.1, -0.05) is 12.1 Å². The van der Waals surface area contributed by atoms with Crippen LogP contribution in [0.5, 0.6) is 11.5 Å². The third-order valence-corrected chi connectivity index (χ3v) is 2.74. The number of hydrogen-bond donors (Lipinski definition) is 0. The molecule has 0 saturated carbocycles. The zero-order chi connectivity index (χ0) is 12.3. The van der Waals surface area contributed by atoms with Crippen LogP contribution in [-0.2, 0) is 0 Å². The molecule has 0 heterocycles. The first-order valence-corrected chi connectivity index (χ1v) is 5.66. The molecule has 0 bridgehead atoms. The Labute approximate surface area is 106 Å².